The van der Waals surface area contributed by atoms with Crippen LogP contribution in [-0.4, -0.2) is 67.0 Å². The molecule has 33 heavy (non-hydrogen) atoms. The van der Waals surface area contributed by atoms with Gasteiger partial charge < -0.3 is 24.4 Å². The van der Waals surface area contributed by atoms with E-state index in [9.17, 15) is 14.7 Å². The molecule has 3 rings (SSSR count). The number of benzene rings is 2. The minimum Gasteiger partial charge on any atom is -0.507 e. The molecule has 1 heterocycles. The van der Waals surface area contributed by atoms with Crippen LogP contribution in [0.15, 0.2) is 66.8 Å². The average molecular weight is 451 g/mol. The zero-order valence-corrected chi connectivity index (χ0v) is 19.3. The molecule has 7 heteroatoms. The van der Waals surface area contributed by atoms with Crippen LogP contribution in [0.4, 0.5) is 0 Å². The van der Waals surface area contributed by atoms with Crippen molar-refractivity contribution in [2.24, 2.45) is 0 Å². The van der Waals surface area contributed by atoms with Crippen LogP contribution in [0.1, 0.15) is 24.1 Å². The van der Waals surface area contributed by atoms with Crippen molar-refractivity contribution in [3.05, 3.63) is 77.9 Å². The summed E-state index contributed by atoms with van der Waals surface area (Å²) in [5.74, 6) is -0.221. The average Bonchev–Trinajstić information content (AvgIpc) is 3.06. The molecule has 1 amide bonds. The number of carbonyl (C=O) groups excluding carboxylic acids is 2. The molecule has 1 atom stereocenters. The van der Waals surface area contributed by atoms with Crippen LogP contribution in [-0.2, 0) is 9.59 Å². The van der Waals surface area contributed by atoms with Crippen molar-refractivity contribution in [2.45, 2.75) is 13.0 Å². The number of Topliss-reactive ketones (excluding diaryl/α,β-unsaturated/α-hetero) is 1. The standard InChI is InChI=1S/C26H30N2O5/c1-5-17-33-21-11-7-18(8-12-21)23-22(25(30)26(31)28(23)16-15-27(3)4)24(29)19-9-13-20(14-10-19)32-6-2/h5,7-14,23,29H,1,6,15-17H2,2-4H3/b24-22+/t23-/m0/s1. The van der Waals surface area contributed by atoms with Crippen LogP contribution < -0.4 is 9.47 Å². The number of likely N-dealkylation sites (N-methyl/N-ethyl adjacent to an activating group) is 1. The van der Waals surface area contributed by atoms with Crippen LogP contribution in [0.5, 0.6) is 11.5 Å². The van der Waals surface area contributed by atoms with Crippen LogP contribution >= 0.6 is 0 Å². The first kappa shape index (κ1) is 24.1. The number of aliphatic hydroxyl groups excluding tert-OH is 1. The van der Waals surface area contributed by atoms with Gasteiger partial charge in [0.2, 0.25) is 0 Å². The van der Waals surface area contributed by atoms with E-state index in [4.69, 9.17) is 9.47 Å². The first-order chi connectivity index (χ1) is 15.9. The van der Waals surface area contributed by atoms with Gasteiger partial charge in [-0.05, 0) is 63.0 Å². The summed E-state index contributed by atoms with van der Waals surface area (Å²) in [7, 11) is 3.80. The summed E-state index contributed by atoms with van der Waals surface area (Å²) in [5, 5.41) is 11.1. The van der Waals surface area contributed by atoms with Gasteiger partial charge >= 0.3 is 0 Å². The SMILES string of the molecule is C=CCOc1ccc([C@H]2/C(=C(\O)c3ccc(OCC)cc3)C(=O)C(=O)N2CCN(C)C)cc1. The lowest BCUT2D eigenvalue weighted by atomic mass is 9.95. The third-order valence-electron chi connectivity index (χ3n) is 5.33. The molecule has 0 bridgehead atoms. The molecule has 1 N–H and O–H groups in total. The number of ketones is 1. The summed E-state index contributed by atoms with van der Waals surface area (Å²) >= 11 is 0. The molecule has 1 saturated heterocycles. The molecule has 0 aliphatic carbocycles. The highest BCUT2D eigenvalue weighted by Gasteiger charge is 2.45. The topological polar surface area (TPSA) is 79.3 Å². The van der Waals surface area contributed by atoms with E-state index in [1.165, 1.54) is 4.90 Å². The number of hydrogen-bond donors (Lipinski definition) is 1. The number of ether oxygens (including phenoxy) is 2. The van der Waals surface area contributed by atoms with E-state index in [0.29, 0.717) is 48.9 Å². The second kappa shape index (κ2) is 10.8. The van der Waals surface area contributed by atoms with Crippen LogP contribution in [0, 0.1) is 0 Å². The fraction of sp³-hybridized carbons (Fsp3) is 0.308. The van der Waals surface area contributed by atoms with Gasteiger partial charge in [-0.1, -0.05) is 24.8 Å². The number of amides is 1. The summed E-state index contributed by atoms with van der Waals surface area (Å²) in [5.41, 5.74) is 1.23. The summed E-state index contributed by atoms with van der Waals surface area (Å²) in [6, 6.07) is 13.3. The molecule has 0 aromatic heterocycles. The largest absolute Gasteiger partial charge is 0.507 e. The normalized spacial score (nSPS) is 17.5. The Morgan fingerprint density at radius 2 is 1.67 bits per heavy atom. The molecule has 0 radical (unpaired) electrons. The van der Waals surface area contributed by atoms with Gasteiger partial charge in [-0.25, -0.2) is 0 Å². The predicted molar refractivity (Wildman–Crippen MR) is 127 cm³/mol. The Hall–Kier alpha value is -3.58. The first-order valence-corrected chi connectivity index (χ1v) is 10.9. The van der Waals surface area contributed by atoms with E-state index in [1.807, 2.05) is 38.1 Å². The molecule has 174 valence electrons. The van der Waals surface area contributed by atoms with E-state index in [-0.39, 0.29) is 11.3 Å². The van der Waals surface area contributed by atoms with Gasteiger partial charge in [-0.3, -0.25) is 9.59 Å². The Bertz CT molecular complexity index is 1030. The van der Waals surface area contributed by atoms with Gasteiger partial charge in [-0.2, -0.15) is 0 Å². The number of rotatable bonds is 10. The Kier molecular flexibility index (Phi) is 7.90. The predicted octanol–water partition coefficient (Wildman–Crippen LogP) is 3.63. The highest BCUT2D eigenvalue weighted by Crippen LogP contribution is 2.39. The van der Waals surface area contributed by atoms with E-state index in [1.54, 1.807) is 42.5 Å². The van der Waals surface area contributed by atoms with Crippen molar-refractivity contribution in [1.82, 2.24) is 9.80 Å². The lowest BCUT2D eigenvalue weighted by Crippen LogP contribution is -2.35. The summed E-state index contributed by atoms with van der Waals surface area (Å²) in [6.07, 6.45) is 1.65. The van der Waals surface area contributed by atoms with Gasteiger partial charge in [0.25, 0.3) is 11.7 Å². The summed E-state index contributed by atoms with van der Waals surface area (Å²) in [4.78, 5) is 29.5. The number of carbonyl (C=O) groups is 2. The van der Waals surface area contributed by atoms with Crippen molar-refractivity contribution < 1.29 is 24.2 Å². The third kappa shape index (κ3) is 5.43. The maximum Gasteiger partial charge on any atom is 0.295 e. The van der Waals surface area contributed by atoms with E-state index < -0.39 is 17.7 Å². The molecular formula is C26H30N2O5. The molecule has 0 spiro atoms. The van der Waals surface area contributed by atoms with E-state index in [2.05, 4.69) is 6.58 Å². The minimum absolute atomic E-state index is 0.0719. The second-order valence-corrected chi connectivity index (χ2v) is 7.92. The summed E-state index contributed by atoms with van der Waals surface area (Å²) < 4.78 is 11.0. The Morgan fingerprint density at radius 1 is 1.06 bits per heavy atom. The van der Waals surface area contributed by atoms with Crippen molar-refractivity contribution in [1.29, 1.82) is 0 Å². The Morgan fingerprint density at radius 3 is 2.24 bits per heavy atom. The highest BCUT2D eigenvalue weighted by molar-refractivity contribution is 6.46. The van der Waals surface area contributed by atoms with Gasteiger partial charge in [0.15, 0.2) is 0 Å². The molecule has 1 aliphatic rings. The van der Waals surface area contributed by atoms with Crippen molar-refractivity contribution in [3.63, 3.8) is 0 Å². The maximum atomic E-state index is 13.1. The van der Waals surface area contributed by atoms with Gasteiger partial charge in [0.1, 0.15) is 23.9 Å². The number of hydrogen-bond acceptors (Lipinski definition) is 6. The highest BCUT2D eigenvalue weighted by atomic mass is 16.5. The Balaban J connectivity index is 2.05. The van der Waals surface area contributed by atoms with Crippen molar-refractivity contribution in [3.8, 4) is 11.5 Å². The third-order valence-corrected chi connectivity index (χ3v) is 5.33. The molecule has 7 nitrogen and oxygen atoms in total. The van der Waals surface area contributed by atoms with Gasteiger partial charge in [-0.15, -0.1) is 0 Å². The molecule has 1 aliphatic heterocycles. The number of likely N-dealkylation sites (tertiary alicyclic amines) is 1. The summed E-state index contributed by atoms with van der Waals surface area (Å²) in [6.45, 7) is 7.34. The van der Waals surface area contributed by atoms with Crippen LogP contribution in [0.25, 0.3) is 5.76 Å². The van der Waals surface area contributed by atoms with Crippen molar-refractivity contribution in [2.75, 3.05) is 40.4 Å². The smallest absolute Gasteiger partial charge is 0.295 e. The molecule has 0 saturated carbocycles. The molecule has 2 aromatic rings. The Labute approximate surface area is 194 Å². The van der Waals surface area contributed by atoms with Crippen LogP contribution in [0.2, 0.25) is 0 Å². The van der Waals surface area contributed by atoms with Crippen molar-refractivity contribution >= 4 is 17.4 Å². The minimum atomic E-state index is -0.704. The number of nitrogens with zero attached hydrogens (tertiary/aromatic N) is 2. The van der Waals surface area contributed by atoms with E-state index in [0.717, 1.165) is 0 Å². The molecular weight excluding hydrogens is 420 g/mol. The van der Waals surface area contributed by atoms with Gasteiger partial charge in [0.05, 0.1) is 18.2 Å². The molecule has 2 aromatic carbocycles. The zero-order chi connectivity index (χ0) is 24.0. The second-order valence-electron chi connectivity index (χ2n) is 7.92. The lowest BCUT2D eigenvalue weighted by Gasteiger charge is -2.26. The zero-order valence-electron chi connectivity index (χ0n) is 19.3. The number of aliphatic hydroxyl groups is 1. The quantitative estimate of drug-likeness (QED) is 0.258. The van der Waals surface area contributed by atoms with Crippen LogP contribution in [0.3, 0.4) is 0 Å². The van der Waals surface area contributed by atoms with Gasteiger partial charge in [0, 0.05) is 18.7 Å². The fourth-order valence-corrected chi connectivity index (χ4v) is 3.70. The first-order valence-electron chi connectivity index (χ1n) is 10.9. The van der Waals surface area contributed by atoms with E-state index >= 15 is 0 Å². The molecule has 0 unspecified atom stereocenters. The lowest BCUT2D eigenvalue weighted by molar-refractivity contribution is -0.140. The maximum absolute atomic E-state index is 13.1. The fourth-order valence-electron chi connectivity index (χ4n) is 3.70. The monoisotopic (exact) mass is 450 g/mol. The molecule has 1 fully saturated rings.